The molecule has 0 fully saturated rings. The van der Waals surface area contributed by atoms with Crippen molar-refractivity contribution in [1.29, 1.82) is 0 Å². The lowest BCUT2D eigenvalue weighted by Crippen LogP contribution is -2.29. The van der Waals surface area contributed by atoms with Gasteiger partial charge in [-0.2, -0.15) is 23.3 Å². The molecule has 6 nitrogen and oxygen atoms in total. The molecule has 0 bridgehead atoms. The van der Waals surface area contributed by atoms with Crippen LogP contribution < -0.4 is 9.75 Å². The van der Waals surface area contributed by atoms with Gasteiger partial charge in [-0.15, -0.1) is 0 Å². The van der Waals surface area contributed by atoms with Gasteiger partial charge in [-0.25, -0.2) is 4.79 Å². The summed E-state index contributed by atoms with van der Waals surface area (Å²) in [6, 6.07) is 15.0. The Hall–Kier alpha value is -3.62. The number of alkyl halides is 3. The average Bonchev–Trinajstić information content (AvgIpc) is 2.97. The Bertz CT molecular complexity index is 997. The highest BCUT2D eigenvalue weighted by Gasteiger charge is 2.47. The van der Waals surface area contributed by atoms with Crippen LogP contribution >= 0.6 is 0 Å². The molecule has 29 heavy (non-hydrogen) atoms. The fourth-order valence-electron chi connectivity index (χ4n) is 2.71. The molecule has 0 aromatic heterocycles. The summed E-state index contributed by atoms with van der Waals surface area (Å²) in [5.41, 5.74) is -2.54. The fraction of sp³-hybridized carbons (Fsp3) is 0.150. The first-order valence-electron chi connectivity index (χ1n) is 8.35. The molecule has 0 saturated heterocycles. The van der Waals surface area contributed by atoms with Crippen molar-refractivity contribution < 1.29 is 32.2 Å². The standard InChI is InChI=1S/C20H15F3N2O4/c1-12-16(17(19(27)28-2)20(21,22)23)18(26)25(24-12)13-8-10-15(11-9-13)29-14-6-4-3-5-7-14/h3-11H,1-2H3. The van der Waals surface area contributed by atoms with Crippen LogP contribution in [0.3, 0.4) is 0 Å². The zero-order chi connectivity index (χ0) is 21.2. The fourth-order valence-corrected chi connectivity index (χ4v) is 2.71. The van der Waals surface area contributed by atoms with E-state index in [1.54, 1.807) is 36.4 Å². The monoisotopic (exact) mass is 404 g/mol. The maximum atomic E-state index is 13.3. The SMILES string of the molecule is COC(=O)C(=C1C(=O)N(c2ccc(Oc3ccccc3)cc2)N=C1C)C(F)(F)F. The van der Waals surface area contributed by atoms with Crippen LogP contribution in [-0.4, -0.2) is 30.9 Å². The van der Waals surface area contributed by atoms with Crippen molar-refractivity contribution in [1.82, 2.24) is 0 Å². The van der Waals surface area contributed by atoms with Gasteiger partial charge in [-0.05, 0) is 43.3 Å². The average molecular weight is 404 g/mol. The summed E-state index contributed by atoms with van der Waals surface area (Å²) in [5.74, 6) is -1.65. The van der Waals surface area contributed by atoms with Crippen LogP contribution in [0, 0.1) is 0 Å². The number of benzene rings is 2. The van der Waals surface area contributed by atoms with Crippen LogP contribution in [0.15, 0.2) is 70.8 Å². The highest BCUT2D eigenvalue weighted by molar-refractivity contribution is 6.32. The molecule has 2 aromatic rings. The molecule has 0 radical (unpaired) electrons. The molecule has 0 aliphatic carbocycles. The van der Waals surface area contributed by atoms with E-state index >= 15 is 0 Å². The molecule has 1 aliphatic heterocycles. The quantitative estimate of drug-likeness (QED) is 0.565. The van der Waals surface area contributed by atoms with Gasteiger partial charge in [0.25, 0.3) is 5.91 Å². The number of halogens is 3. The minimum atomic E-state index is -5.07. The van der Waals surface area contributed by atoms with Crippen LogP contribution in [0.2, 0.25) is 0 Å². The van der Waals surface area contributed by atoms with Gasteiger partial charge in [0.2, 0.25) is 0 Å². The van der Waals surface area contributed by atoms with Crippen molar-refractivity contribution in [3.05, 3.63) is 65.7 Å². The largest absolute Gasteiger partial charge is 0.465 e. The van der Waals surface area contributed by atoms with Crippen LogP contribution in [0.1, 0.15) is 6.92 Å². The molecular weight excluding hydrogens is 389 g/mol. The van der Waals surface area contributed by atoms with Gasteiger partial charge in [0.05, 0.1) is 24.1 Å². The number of nitrogens with zero attached hydrogens (tertiary/aromatic N) is 2. The van der Waals surface area contributed by atoms with Gasteiger partial charge in [0.15, 0.2) is 5.57 Å². The lowest BCUT2D eigenvalue weighted by atomic mass is 10.0. The Morgan fingerprint density at radius 3 is 2.14 bits per heavy atom. The highest BCUT2D eigenvalue weighted by atomic mass is 19.4. The number of carbonyl (C=O) groups excluding carboxylic acids is 2. The van der Waals surface area contributed by atoms with Crippen molar-refractivity contribution in [2.75, 3.05) is 12.1 Å². The molecule has 150 valence electrons. The summed E-state index contributed by atoms with van der Waals surface area (Å²) < 4.78 is 49.9. The third-order valence-electron chi connectivity index (χ3n) is 4.00. The molecule has 1 amide bonds. The molecule has 2 aromatic carbocycles. The minimum absolute atomic E-state index is 0.219. The third-order valence-corrected chi connectivity index (χ3v) is 4.00. The van der Waals surface area contributed by atoms with Crippen LogP contribution in [0.4, 0.5) is 18.9 Å². The van der Waals surface area contributed by atoms with E-state index in [2.05, 4.69) is 9.84 Å². The first kappa shape index (κ1) is 20.1. The molecule has 1 aliphatic rings. The molecule has 0 N–H and O–H groups in total. The van der Waals surface area contributed by atoms with E-state index < -0.39 is 29.2 Å². The number of para-hydroxylation sites is 1. The second-order valence-electron chi connectivity index (χ2n) is 5.95. The van der Waals surface area contributed by atoms with Crippen LogP contribution in [-0.2, 0) is 14.3 Å². The van der Waals surface area contributed by atoms with Crippen molar-refractivity contribution in [2.24, 2.45) is 5.10 Å². The van der Waals surface area contributed by atoms with Crippen molar-refractivity contribution in [3.63, 3.8) is 0 Å². The molecule has 0 unspecified atom stereocenters. The van der Waals surface area contributed by atoms with E-state index in [0.29, 0.717) is 11.5 Å². The topological polar surface area (TPSA) is 68.2 Å². The number of ether oxygens (including phenoxy) is 2. The maximum Gasteiger partial charge on any atom is 0.424 e. The Labute approximate surface area is 163 Å². The van der Waals surface area contributed by atoms with Crippen molar-refractivity contribution in [3.8, 4) is 11.5 Å². The Morgan fingerprint density at radius 2 is 1.59 bits per heavy atom. The van der Waals surface area contributed by atoms with E-state index in [9.17, 15) is 22.8 Å². The molecular formula is C20H15F3N2O4. The number of hydrogen-bond acceptors (Lipinski definition) is 5. The predicted molar refractivity (Wildman–Crippen MR) is 98.7 cm³/mol. The Balaban J connectivity index is 1.90. The second-order valence-corrected chi connectivity index (χ2v) is 5.95. The Kier molecular flexibility index (Phi) is 5.40. The van der Waals surface area contributed by atoms with Gasteiger partial charge in [0, 0.05) is 0 Å². The highest BCUT2D eigenvalue weighted by Crippen LogP contribution is 2.34. The molecule has 3 rings (SSSR count). The molecule has 0 atom stereocenters. The van der Waals surface area contributed by atoms with E-state index in [1.807, 2.05) is 6.07 Å². The van der Waals surface area contributed by atoms with Gasteiger partial charge < -0.3 is 9.47 Å². The number of methoxy groups -OCH3 is 1. The molecule has 0 spiro atoms. The number of anilines is 1. The van der Waals surface area contributed by atoms with Crippen LogP contribution in [0.25, 0.3) is 0 Å². The van der Waals surface area contributed by atoms with E-state index in [4.69, 9.17) is 4.74 Å². The number of esters is 1. The van der Waals surface area contributed by atoms with Crippen molar-refractivity contribution in [2.45, 2.75) is 13.1 Å². The summed E-state index contributed by atoms with van der Waals surface area (Å²) in [6.07, 6.45) is -5.07. The Morgan fingerprint density at radius 1 is 1.00 bits per heavy atom. The normalized spacial score (nSPS) is 15.8. The van der Waals surface area contributed by atoms with E-state index in [1.165, 1.54) is 19.1 Å². The van der Waals surface area contributed by atoms with Gasteiger partial charge in [0.1, 0.15) is 11.5 Å². The zero-order valence-corrected chi connectivity index (χ0v) is 15.4. The smallest absolute Gasteiger partial charge is 0.424 e. The van der Waals surface area contributed by atoms with E-state index in [0.717, 1.165) is 12.1 Å². The number of hydrazone groups is 1. The third kappa shape index (κ3) is 4.13. The summed E-state index contributed by atoms with van der Waals surface area (Å²) in [7, 11) is 0.809. The maximum absolute atomic E-state index is 13.3. The zero-order valence-electron chi connectivity index (χ0n) is 15.4. The molecule has 0 saturated carbocycles. The number of hydrogen-bond donors (Lipinski definition) is 0. The first-order chi connectivity index (χ1) is 13.7. The van der Waals surface area contributed by atoms with E-state index in [-0.39, 0.29) is 11.4 Å². The van der Waals surface area contributed by atoms with Gasteiger partial charge in [-0.3, -0.25) is 4.79 Å². The number of amides is 1. The van der Waals surface area contributed by atoms with Crippen LogP contribution in [0.5, 0.6) is 11.5 Å². The van der Waals surface area contributed by atoms with Gasteiger partial charge >= 0.3 is 12.1 Å². The summed E-state index contributed by atoms with van der Waals surface area (Å²) in [6.45, 7) is 1.22. The summed E-state index contributed by atoms with van der Waals surface area (Å²) >= 11 is 0. The first-order valence-corrected chi connectivity index (χ1v) is 8.35. The summed E-state index contributed by atoms with van der Waals surface area (Å²) in [5, 5.41) is 4.68. The molecule has 1 heterocycles. The minimum Gasteiger partial charge on any atom is -0.465 e. The van der Waals surface area contributed by atoms with Crippen molar-refractivity contribution >= 4 is 23.3 Å². The molecule has 9 heteroatoms. The number of carbonyl (C=O) groups is 2. The lowest BCUT2D eigenvalue weighted by molar-refractivity contribution is -0.148. The lowest BCUT2D eigenvalue weighted by Gasteiger charge is -2.15. The predicted octanol–water partition coefficient (Wildman–Crippen LogP) is 4.23. The summed E-state index contributed by atoms with van der Waals surface area (Å²) in [4.78, 5) is 24.3. The second kappa shape index (κ2) is 7.78. The number of rotatable bonds is 4. The van der Waals surface area contributed by atoms with Gasteiger partial charge in [-0.1, -0.05) is 18.2 Å².